The Labute approximate surface area is 83.3 Å². The molecule has 0 amide bonds. The van der Waals surface area contributed by atoms with E-state index in [9.17, 15) is 13.2 Å². The number of hydrogen-bond acceptors (Lipinski definition) is 2. The molecule has 15 heavy (non-hydrogen) atoms. The van der Waals surface area contributed by atoms with E-state index in [1.54, 1.807) is 0 Å². The van der Waals surface area contributed by atoms with Crippen molar-refractivity contribution >= 4 is 22.1 Å². The lowest BCUT2D eigenvalue weighted by Crippen LogP contribution is -1.99. The van der Waals surface area contributed by atoms with Crippen LogP contribution in [0.25, 0.3) is 10.8 Å². The number of rotatable bonds is 0. The molecule has 0 spiro atoms. The van der Waals surface area contributed by atoms with Gasteiger partial charge in [-0.2, -0.15) is 0 Å². The number of nitrogens with two attached hydrogens (primary N) is 2. The predicted molar refractivity (Wildman–Crippen MR) is 52.6 cm³/mol. The van der Waals surface area contributed by atoms with Crippen molar-refractivity contribution in [1.82, 2.24) is 0 Å². The van der Waals surface area contributed by atoms with Crippen LogP contribution in [-0.4, -0.2) is 0 Å². The summed E-state index contributed by atoms with van der Waals surface area (Å²) >= 11 is 0. The molecule has 4 N–H and O–H groups in total. The first kappa shape index (κ1) is 9.64. The summed E-state index contributed by atoms with van der Waals surface area (Å²) in [7, 11) is 0. The summed E-state index contributed by atoms with van der Waals surface area (Å²) in [5.74, 6) is -2.87. The Hall–Kier alpha value is -1.91. The summed E-state index contributed by atoms with van der Waals surface area (Å²) in [4.78, 5) is 0. The van der Waals surface area contributed by atoms with Gasteiger partial charge < -0.3 is 11.5 Å². The van der Waals surface area contributed by atoms with Gasteiger partial charge in [-0.1, -0.05) is 0 Å². The summed E-state index contributed by atoms with van der Waals surface area (Å²) in [6.45, 7) is 0. The maximum Gasteiger partial charge on any atom is 0.159 e. The van der Waals surface area contributed by atoms with Crippen LogP contribution in [0.1, 0.15) is 0 Å². The van der Waals surface area contributed by atoms with E-state index in [0.29, 0.717) is 0 Å². The lowest BCUT2D eigenvalue weighted by atomic mass is 10.1. The molecule has 2 rings (SSSR count). The average molecular weight is 212 g/mol. The Morgan fingerprint density at radius 2 is 1.53 bits per heavy atom. The largest absolute Gasteiger partial charge is 0.399 e. The van der Waals surface area contributed by atoms with Crippen LogP contribution in [0.15, 0.2) is 18.2 Å². The van der Waals surface area contributed by atoms with Crippen LogP contribution in [0.2, 0.25) is 0 Å². The molecular weight excluding hydrogens is 205 g/mol. The molecule has 0 radical (unpaired) electrons. The van der Waals surface area contributed by atoms with Gasteiger partial charge in [-0.15, -0.1) is 0 Å². The summed E-state index contributed by atoms with van der Waals surface area (Å²) in [5, 5.41) is -0.292. The minimum absolute atomic E-state index is 0.0525. The number of hydrogen-bond donors (Lipinski definition) is 2. The van der Waals surface area contributed by atoms with E-state index in [0.717, 1.165) is 12.1 Å². The quantitative estimate of drug-likeness (QED) is 0.659. The molecule has 0 aromatic heterocycles. The van der Waals surface area contributed by atoms with E-state index in [4.69, 9.17) is 11.5 Å². The third-order valence-electron chi connectivity index (χ3n) is 2.14. The lowest BCUT2D eigenvalue weighted by molar-refractivity contribution is 0.588. The van der Waals surface area contributed by atoms with Gasteiger partial charge in [0.15, 0.2) is 5.82 Å². The molecule has 0 atom stereocenters. The maximum absolute atomic E-state index is 13.4. The average Bonchev–Trinajstić information content (AvgIpc) is 2.13. The van der Waals surface area contributed by atoms with Crippen LogP contribution in [-0.2, 0) is 0 Å². The molecule has 78 valence electrons. The molecule has 0 fully saturated rings. The first-order chi connectivity index (χ1) is 7.00. The minimum atomic E-state index is -1.09. The van der Waals surface area contributed by atoms with Crippen molar-refractivity contribution in [3.63, 3.8) is 0 Å². The molecule has 2 aromatic carbocycles. The van der Waals surface area contributed by atoms with Crippen molar-refractivity contribution in [2.75, 3.05) is 11.5 Å². The van der Waals surface area contributed by atoms with Gasteiger partial charge in [0.2, 0.25) is 0 Å². The molecule has 2 nitrogen and oxygen atoms in total. The van der Waals surface area contributed by atoms with Crippen molar-refractivity contribution in [1.29, 1.82) is 0 Å². The third-order valence-corrected chi connectivity index (χ3v) is 2.14. The minimum Gasteiger partial charge on any atom is -0.399 e. The van der Waals surface area contributed by atoms with Crippen LogP contribution < -0.4 is 11.5 Å². The van der Waals surface area contributed by atoms with Crippen LogP contribution in [0, 0.1) is 17.5 Å². The van der Waals surface area contributed by atoms with Gasteiger partial charge in [-0.25, -0.2) is 13.2 Å². The van der Waals surface area contributed by atoms with Gasteiger partial charge in [0.1, 0.15) is 17.3 Å². The van der Waals surface area contributed by atoms with E-state index in [1.165, 1.54) is 6.07 Å². The number of fused-ring (bicyclic) bond motifs is 1. The van der Waals surface area contributed by atoms with E-state index < -0.39 is 23.1 Å². The van der Waals surface area contributed by atoms with Gasteiger partial charge in [-0.3, -0.25) is 0 Å². The summed E-state index contributed by atoms with van der Waals surface area (Å²) in [6, 6.07) is 3.19. The van der Waals surface area contributed by atoms with Crippen molar-refractivity contribution < 1.29 is 13.2 Å². The van der Waals surface area contributed by atoms with E-state index in [-0.39, 0.29) is 16.5 Å². The van der Waals surface area contributed by atoms with E-state index in [2.05, 4.69) is 0 Å². The Morgan fingerprint density at radius 1 is 0.867 bits per heavy atom. The number of anilines is 2. The Kier molecular flexibility index (Phi) is 1.96. The van der Waals surface area contributed by atoms with E-state index in [1.807, 2.05) is 0 Å². The molecule has 5 heteroatoms. The second-order valence-electron chi connectivity index (χ2n) is 3.19. The SMILES string of the molecule is Nc1cc(F)c2c(F)c(N)c(F)cc2c1. The molecule has 0 aliphatic rings. The van der Waals surface area contributed by atoms with Gasteiger partial charge in [-0.05, 0) is 23.6 Å². The van der Waals surface area contributed by atoms with Crippen LogP contribution in [0.4, 0.5) is 24.5 Å². The highest BCUT2D eigenvalue weighted by Gasteiger charge is 2.14. The van der Waals surface area contributed by atoms with Gasteiger partial charge in [0, 0.05) is 5.69 Å². The molecular formula is C10H7F3N2. The third kappa shape index (κ3) is 1.36. The Balaban J connectivity index is 2.99. The highest BCUT2D eigenvalue weighted by molar-refractivity contribution is 5.89. The Bertz CT molecular complexity index is 552. The van der Waals surface area contributed by atoms with Crippen LogP contribution >= 0.6 is 0 Å². The predicted octanol–water partition coefficient (Wildman–Crippen LogP) is 2.42. The normalized spacial score (nSPS) is 10.9. The highest BCUT2D eigenvalue weighted by atomic mass is 19.1. The zero-order valence-corrected chi connectivity index (χ0v) is 7.52. The lowest BCUT2D eigenvalue weighted by Gasteiger charge is -2.06. The molecule has 0 heterocycles. The van der Waals surface area contributed by atoms with Crippen molar-refractivity contribution in [3.8, 4) is 0 Å². The molecule has 0 bridgehead atoms. The second kappa shape index (κ2) is 3.05. The molecule has 0 saturated carbocycles. The van der Waals surface area contributed by atoms with E-state index >= 15 is 0 Å². The fourth-order valence-corrected chi connectivity index (χ4v) is 1.45. The molecule has 2 aromatic rings. The van der Waals surface area contributed by atoms with Crippen LogP contribution in [0.5, 0.6) is 0 Å². The maximum atomic E-state index is 13.4. The molecule has 0 saturated heterocycles. The van der Waals surface area contributed by atoms with Gasteiger partial charge in [0.05, 0.1) is 5.39 Å². The summed E-state index contributed by atoms with van der Waals surface area (Å²) in [6.07, 6.45) is 0. The highest BCUT2D eigenvalue weighted by Crippen LogP contribution is 2.29. The Morgan fingerprint density at radius 3 is 2.20 bits per heavy atom. The zero-order chi connectivity index (χ0) is 11.2. The zero-order valence-electron chi connectivity index (χ0n) is 7.52. The topological polar surface area (TPSA) is 52.0 Å². The number of nitrogen functional groups attached to an aromatic ring is 2. The molecule has 0 aliphatic heterocycles. The van der Waals surface area contributed by atoms with Gasteiger partial charge in [0.25, 0.3) is 0 Å². The fraction of sp³-hybridized carbons (Fsp3) is 0. The fourth-order valence-electron chi connectivity index (χ4n) is 1.45. The molecule has 0 aliphatic carbocycles. The van der Waals surface area contributed by atoms with Crippen molar-refractivity contribution in [3.05, 3.63) is 35.7 Å². The van der Waals surface area contributed by atoms with Crippen molar-refractivity contribution in [2.24, 2.45) is 0 Å². The summed E-state index contributed by atoms with van der Waals surface area (Å²) in [5.41, 5.74) is 9.87. The van der Waals surface area contributed by atoms with Crippen molar-refractivity contribution in [2.45, 2.75) is 0 Å². The molecule has 0 unspecified atom stereocenters. The van der Waals surface area contributed by atoms with Gasteiger partial charge >= 0.3 is 0 Å². The monoisotopic (exact) mass is 212 g/mol. The standard InChI is InChI=1S/C10H7F3N2/c11-6-3-5(14)1-4-2-7(12)10(15)9(13)8(4)6/h1-3H,14-15H2. The first-order valence-corrected chi connectivity index (χ1v) is 4.13. The van der Waals surface area contributed by atoms with Crippen LogP contribution in [0.3, 0.4) is 0 Å². The smallest absolute Gasteiger partial charge is 0.159 e. The first-order valence-electron chi connectivity index (χ1n) is 4.13. The number of halogens is 3. The second-order valence-corrected chi connectivity index (χ2v) is 3.19. The number of benzene rings is 2. The summed E-state index contributed by atoms with van der Waals surface area (Å²) < 4.78 is 39.8.